The van der Waals surface area contributed by atoms with Crippen LogP contribution in [0, 0.1) is 0 Å². The van der Waals surface area contributed by atoms with Crippen LogP contribution in [0.15, 0.2) is 44.8 Å². The summed E-state index contributed by atoms with van der Waals surface area (Å²) in [5.41, 5.74) is 0.208. The molecule has 0 saturated heterocycles. The van der Waals surface area contributed by atoms with E-state index in [9.17, 15) is 9.59 Å². The molecule has 178 valence electrons. The fourth-order valence-electron chi connectivity index (χ4n) is 3.48. The van der Waals surface area contributed by atoms with Crippen molar-refractivity contribution >= 4 is 45.5 Å². The third-order valence-corrected chi connectivity index (χ3v) is 5.82. The van der Waals surface area contributed by atoms with Gasteiger partial charge in [-0.05, 0) is 24.3 Å². The largest absolute Gasteiger partial charge is 0.493 e. The molecule has 34 heavy (non-hydrogen) atoms. The van der Waals surface area contributed by atoms with Crippen LogP contribution in [0.2, 0.25) is 0 Å². The molecule has 0 atom stereocenters. The highest BCUT2D eigenvalue weighted by molar-refractivity contribution is 7.99. The summed E-state index contributed by atoms with van der Waals surface area (Å²) in [6.45, 7) is 5.56. The molecule has 0 aliphatic rings. The third kappa shape index (κ3) is 4.84. The summed E-state index contributed by atoms with van der Waals surface area (Å²) in [6.07, 6.45) is 2.69. The second-order valence-corrected chi connectivity index (χ2v) is 8.63. The van der Waals surface area contributed by atoms with Gasteiger partial charge in [0.05, 0.1) is 25.2 Å². The normalized spacial score (nSPS) is 11.1. The molecule has 0 radical (unpaired) electrons. The van der Waals surface area contributed by atoms with Crippen molar-refractivity contribution in [3.63, 3.8) is 0 Å². The Morgan fingerprint density at radius 3 is 2.85 bits per heavy atom. The molecule has 1 amide bonds. The van der Waals surface area contributed by atoms with Gasteiger partial charge in [0.1, 0.15) is 11.4 Å². The molecule has 0 aliphatic heterocycles. The Morgan fingerprint density at radius 2 is 2.09 bits per heavy atom. The van der Waals surface area contributed by atoms with Crippen LogP contribution in [0.4, 0.5) is 5.82 Å². The van der Waals surface area contributed by atoms with Crippen molar-refractivity contribution in [2.75, 3.05) is 31.3 Å². The molecule has 0 saturated carbocycles. The molecule has 4 aromatic rings. The van der Waals surface area contributed by atoms with E-state index in [1.54, 1.807) is 40.8 Å². The number of aromatic nitrogens is 4. The highest BCUT2D eigenvalue weighted by atomic mass is 32.2. The van der Waals surface area contributed by atoms with E-state index < -0.39 is 11.5 Å². The van der Waals surface area contributed by atoms with Gasteiger partial charge in [0.2, 0.25) is 0 Å². The van der Waals surface area contributed by atoms with Gasteiger partial charge in [-0.15, -0.1) is 0 Å². The number of methoxy groups -OCH3 is 1. The molecule has 3 heterocycles. The monoisotopic (exact) mass is 482 g/mol. The van der Waals surface area contributed by atoms with Gasteiger partial charge >= 0.3 is 5.63 Å². The molecular formula is C23H26N6O4S. The number of carbonyl (C=O) groups excluding carboxylic acids is 1. The summed E-state index contributed by atoms with van der Waals surface area (Å²) < 4.78 is 12.3. The van der Waals surface area contributed by atoms with Gasteiger partial charge in [-0.25, -0.2) is 19.4 Å². The predicted octanol–water partition coefficient (Wildman–Crippen LogP) is 3.31. The Labute approximate surface area is 200 Å². The van der Waals surface area contributed by atoms with Gasteiger partial charge in [0, 0.05) is 18.5 Å². The molecule has 3 aromatic heterocycles. The Bertz CT molecular complexity index is 1380. The number of nitrogens with one attached hydrogen (secondary N) is 2. The first-order chi connectivity index (χ1) is 16.5. The first-order valence-electron chi connectivity index (χ1n) is 11.0. The smallest absolute Gasteiger partial charge is 0.349 e. The quantitative estimate of drug-likeness (QED) is 0.199. The lowest BCUT2D eigenvalue weighted by atomic mass is 10.1. The number of amides is 1. The van der Waals surface area contributed by atoms with Crippen LogP contribution in [-0.4, -0.2) is 51.6 Å². The van der Waals surface area contributed by atoms with Gasteiger partial charge < -0.3 is 19.8 Å². The van der Waals surface area contributed by atoms with E-state index in [1.807, 2.05) is 6.92 Å². The van der Waals surface area contributed by atoms with Crippen molar-refractivity contribution in [1.82, 2.24) is 25.1 Å². The van der Waals surface area contributed by atoms with E-state index in [0.29, 0.717) is 34.1 Å². The summed E-state index contributed by atoms with van der Waals surface area (Å²) in [4.78, 5) is 34.3. The minimum absolute atomic E-state index is 0.0684. The summed E-state index contributed by atoms with van der Waals surface area (Å²) in [5.74, 6) is 1.52. The molecular weight excluding hydrogens is 456 g/mol. The highest BCUT2D eigenvalue weighted by Gasteiger charge is 2.16. The second-order valence-electron chi connectivity index (χ2n) is 7.40. The Kier molecular flexibility index (Phi) is 7.31. The molecule has 0 aliphatic carbocycles. The molecule has 0 unspecified atom stereocenters. The zero-order valence-corrected chi connectivity index (χ0v) is 20.1. The average molecular weight is 483 g/mol. The van der Waals surface area contributed by atoms with Crippen molar-refractivity contribution in [2.24, 2.45) is 0 Å². The molecule has 1 aromatic carbocycles. The molecule has 4 rings (SSSR count). The number of ether oxygens (including phenoxy) is 1. The lowest BCUT2D eigenvalue weighted by Gasteiger charge is -2.09. The average Bonchev–Trinajstić information content (AvgIpc) is 3.24. The highest BCUT2D eigenvalue weighted by Crippen LogP contribution is 2.25. The maximum atomic E-state index is 12.7. The van der Waals surface area contributed by atoms with Gasteiger partial charge in [-0.2, -0.15) is 5.10 Å². The van der Waals surface area contributed by atoms with Crippen molar-refractivity contribution < 1.29 is 13.9 Å². The van der Waals surface area contributed by atoms with E-state index >= 15 is 0 Å². The van der Waals surface area contributed by atoms with E-state index in [0.717, 1.165) is 29.9 Å². The van der Waals surface area contributed by atoms with Crippen molar-refractivity contribution in [3.8, 4) is 5.75 Å². The second kappa shape index (κ2) is 10.6. The maximum Gasteiger partial charge on any atom is 0.349 e. The van der Waals surface area contributed by atoms with Crippen LogP contribution < -0.4 is 21.0 Å². The number of nitrogens with zero attached hydrogens (tertiary/aromatic N) is 4. The lowest BCUT2D eigenvalue weighted by Crippen LogP contribution is -2.31. The summed E-state index contributed by atoms with van der Waals surface area (Å²) in [6, 6.07) is 6.72. The Balaban J connectivity index is 1.51. The van der Waals surface area contributed by atoms with E-state index in [1.165, 1.54) is 13.2 Å². The predicted molar refractivity (Wildman–Crippen MR) is 132 cm³/mol. The number of hydrogen-bond donors (Lipinski definition) is 2. The number of rotatable bonds is 10. The Morgan fingerprint density at radius 1 is 1.24 bits per heavy atom. The number of carbonyl (C=O) groups is 1. The first-order valence-corrected chi connectivity index (χ1v) is 12.0. The zero-order valence-electron chi connectivity index (χ0n) is 19.3. The molecule has 0 fully saturated rings. The fourth-order valence-corrected chi connectivity index (χ4v) is 4.04. The van der Waals surface area contributed by atoms with Crippen LogP contribution in [-0.2, 0) is 6.54 Å². The SMILES string of the molecule is CCCNc1nc(SCC)nc2c1cnn2CCNC(=O)c1cc2cccc(OC)c2oc1=O. The van der Waals surface area contributed by atoms with Crippen LogP contribution in [0.25, 0.3) is 22.0 Å². The Hall–Kier alpha value is -3.60. The number of benzene rings is 1. The molecule has 11 heteroatoms. The van der Waals surface area contributed by atoms with Gasteiger partial charge in [0.25, 0.3) is 5.91 Å². The number of thioether (sulfide) groups is 1. The molecule has 0 bridgehead atoms. The number of fused-ring (bicyclic) bond motifs is 2. The van der Waals surface area contributed by atoms with Crippen molar-refractivity contribution in [1.29, 1.82) is 0 Å². The van der Waals surface area contributed by atoms with Crippen LogP contribution in [0.5, 0.6) is 5.75 Å². The van der Waals surface area contributed by atoms with Crippen LogP contribution in [0.3, 0.4) is 0 Å². The topological polar surface area (TPSA) is 124 Å². The molecule has 0 spiro atoms. The van der Waals surface area contributed by atoms with Crippen LogP contribution >= 0.6 is 11.8 Å². The fraction of sp³-hybridized carbons (Fsp3) is 0.348. The van der Waals surface area contributed by atoms with Gasteiger partial charge in [-0.3, -0.25) is 4.79 Å². The molecule has 2 N–H and O–H groups in total. The lowest BCUT2D eigenvalue weighted by molar-refractivity contribution is 0.0948. The zero-order chi connectivity index (χ0) is 24.1. The number of anilines is 1. The minimum atomic E-state index is -0.723. The minimum Gasteiger partial charge on any atom is -0.493 e. The van der Waals surface area contributed by atoms with Crippen LogP contribution in [0.1, 0.15) is 30.6 Å². The molecule has 10 nitrogen and oxygen atoms in total. The first kappa shape index (κ1) is 23.6. The van der Waals surface area contributed by atoms with Gasteiger partial charge in [0.15, 0.2) is 22.1 Å². The standard InChI is InChI=1S/C23H26N6O4S/c1-4-9-24-19-16-13-26-29(20(16)28-23(27-19)34-5-2)11-10-25-21(30)15-12-14-7-6-8-17(32-3)18(14)33-22(15)31/h6-8,12-13H,4-5,9-11H2,1-3H3,(H,25,30)(H,24,27,28). The summed E-state index contributed by atoms with van der Waals surface area (Å²) in [5, 5.41) is 12.6. The maximum absolute atomic E-state index is 12.7. The summed E-state index contributed by atoms with van der Waals surface area (Å²) in [7, 11) is 1.49. The summed E-state index contributed by atoms with van der Waals surface area (Å²) >= 11 is 1.55. The van der Waals surface area contributed by atoms with Crippen molar-refractivity contribution in [3.05, 3.63) is 46.4 Å². The number of para-hydroxylation sites is 1. The van der Waals surface area contributed by atoms with E-state index in [-0.39, 0.29) is 12.1 Å². The van der Waals surface area contributed by atoms with E-state index in [4.69, 9.17) is 9.15 Å². The van der Waals surface area contributed by atoms with Gasteiger partial charge in [-0.1, -0.05) is 37.7 Å². The van der Waals surface area contributed by atoms with E-state index in [2.05, 4.69) is 32.6 Å². The van der Waals surface area contributed by atoms with Crippen molar-refractivity contribution in [2.45, 2.75) is 32.0 Å². The number of hydrogen-bond acceptors (Lipinski definition) is 9. The third-order valence-electron chi connectivity index (χ3n) is 5.09.